The van der Waals surface area contributed by atoms with Crippen molar-refractivity contribution < 1.29 is 9.47 Å². The molecule has 88 valence electrons. The van der Waals surface area contributed by atoms with Crippen LogP contribution in [0.5, 0.6) is 0 Å². The second kappa shape index (κ2) is 6.38. The number of benzene rings is 1. The van der Waals surface area contributed by atoms with Gasteiger partial charge in [-0.2, -0.15) is 0 Å². The monoisotopic (exact) mass is 284 g/mol. The highest BCUT2D eigenvalue weighted by Gasteiger charge is 2.13. The van der Waals surface area contributed by atoms with Crippen molar-refractivity contribution in [1.29, 1.82) is 0 Å². The lowest BCUT2D eigenvalue weighted by Gasteiger charge is -2.22. The summed E-state index contributed by atoms with van der Waals surface area (Å²) < 4.78 is 12.1. The number of halogens is 1. The van der Waals surface area contributed by atoms with Gasteiger partial charge in [0, 0.05) is 4.47 Å². The number of hydrogen-bond acceptors (Lipinski definition) is 2. The molecule has 1 heterocycles. The standard InChI is InChI=1S/C13H17BrO2/c14-12-7-5-11(6-8-12)3-1-4-13-15-9-2-10-16-13/h5-8,13H,1-4,9-10H2. The highest BCUT2D eigenvalue weighted by molar-refractivity contribution is 9.10. The van der Waals surface area contributed by atoms with Gasteiger partial charge >= 0.3 is 0 Å². The first-order valence-electron chi connectivity index (χ1n) is 5.82. The molecule has 1 saturated heterocycles. The van der Waals surface area contributed by atoms with Crippen LogP contribution in [-0.2, 0) is 15.9 Å². The van der Waals surface area contributed by atoms with Gasteiger partial charge in [-0.3, -0.25) is 0 Å². The molecular weight excluding hydrogens is 268 g/mol. The number of rotatable bonds is 4. The van der Waals surface area contributed by atoms with Gasteiger partial charge in [0.1, 0.15) is 0 Å². The van der Waals surface area contributed by atoms with E-state index in [0.717, 1.165) is 43.4 Å². The molecule has 16 heavy (non-hydrogen) atoms. The Hall–Kier alpha value is -0.380. The summed E-state index contributed by atoms with van der Waals surface area (Å²) in [6, 6.07) is 8.49. The van der Waals surface area contributed by atoms with Crippen molar-refractivity contribution in [2.45, 2.75) is 32.0 Å². The van der Waals surface area contributed by atoms with Gasteiger partial charge in [-0.25, -0.2) is 0 Å². The first-order chi connectivity index (χ1) is 7.84. The Kier molecular flexibility index (Phi) is 4.82. The smallest absolute Gasteiger partial charge is 0.157 e. The third-order valence-corrected chi connectivity index (χ3v) is 3.24. The second-order valence-corrected chi connectivity index (χ2v) is 4.96. The number of ether oxygens (including phenoxy) is 2. The summed E-state index contributed by atoms with van der Waals surface area (Å²) >= 11 is 3.44. The van der Waals surface area contributed by atoms with Crippen LogP contribution in [0.15, 0.2) is 28.7 Å². The lowest BCUT2D eigenvalue weighted by Crippen LogP contribution is -2.24. The predicted molar refractivity (Wildman–Crippen MR) is 67.4 cm³/mol. The molecule has 0 atom stereocenters. The van der Waals surface area contributed by atoms with Crippen LogP contribution in [0, 0.1) is 0 Å². The zero-order valence-electron chi connectivity index (χ0n) is 9.32. The molecule has 0 amide bonds. The molecule has 0 spiro atoms. The summed E-state index contributed by atoms with van der Waals surface area (Å²) in [5.74, 6) is 0. The van der Waals surface area contributed by atoms with E-state index in [4.69, 9.17) is 9.47 Å². The minimum atomic E-state index is 0.0317. The van der Waals surface area contributed by atoms with Gasteiger partial charge in [0.2, 0.25) is 0 Å². The minimum absolute atomic E-state index is 0.0317. The van der Waals surface area contributed by atoms with E-state index in [1.807, 2.05) is 0 Å². The summed E-state index contributed by atoms with van der Waals surface area (Å²) in [5.41, 5.74) is 1.37. The van der Waals surface area contributed by atoms with Gasteiger partial charge in [-0.05, 0) is 43.4 Å². The maximum absolute atomic E-state index is 5.51. The molecule has 2 nitrogen and oxygen atoms in total. The average molecular weight is 285 g/mol. The lowest BCUT2D eigenvalue weighted by atomic mass is 10.1. The third kappa shape index (κ3) is 3.89. The van der Waals surface area contributed by atoms with Crippen LogP contribution in [0.25, 0.3) is 0 Å². The van der Waals surface area contributed by atoms with Gasteiger partial charge in [0.25, 0.3) is 0 Å². The summed E-state index contributed by atoms with van der Waals surface area (Å²) in [7, 11) is 0. The maximum Gasteiger partial charge on any atom is 0.157 e. The molecule has 0 aliphatic carbocycles. The van der Waals surface area contributed by atoms with Crippen LogP contribution in [0.3, 0.4) is 0 Å². The second-order valence-electron chi connectivity index (χ2n) is 4.04. The molecule has 1 aliphatic rings. The van der Waals surface area contributed by atoms with Gasteiger partial charge in [0.05, 0.1) is 13.2 Å². The third-order valence-electron chi connectivity index (χ3n) is 2.71. The zero-order chi connectivity index (χ0) is 11.2. The van der Waals surface area contributed by atoms with Crippen molar-refractivity contribution in [1.82, 2.24) is 0 Å². The van der Waals surface area contributed by atoms with Gasteiger partial charge < -0.3 is 9.47 Å². The van der Waals surface area contributed by atoms with Gasteiger partial charge in [-0.15, -0.1) is 0 Å². The zero-order valence-corrected chi connectivity index (χ0v) is 10.9. The molecule has 0 unspecified atom stereocenters. The molecule has 0 bridgehead atoms. The molecule has 0 radical (unpaired) electrons. The predicted octanol–water partition coefficient (Wildman–Crippen LogP) is 3.53. The fourth-order valence-corrected chi connectivity index (χ4v) is 2.09. The molecule has 1 aliphatic heterocycles. The summed E-state index contributed by atoms with van der Waals surface area (Å²) in [5, 5.41) is 0. The van der Waals surface area contributed by atoms with Crippen LogP contribution < -0.4 is 0 Å². The quantitative estimate of drug-likeness (QED) is 0.842. The first-order valence-corrected chi connectivity index (χ1v) is 6.61. The van der Waals surface area contributed by atoms with Crippen LogP contribution in [0.2, 0.25) is 0 Å². The van der Waals surface area contributed by atoms with Gasteiger partial charge in [0.15, 0.2) is 6.29 Å². The summed E-state index contributed by atoms with van der Waals surface area (Å²) in [6.45, 7) is 1.70. The molecule has 0 saturated carbocycles. The van der Waals surface area contributed by atoms with E-state index in [-0.39, 0.29) is 6.29 Å². The minimum Gasteiger partial charge on any atom is -0.353 e. The number of aryl methyl sites for hydroxylation is 1. The Balaban J connectivity index is 1.69. The van der Waals surface area contributed by atoms with E-state index < -0.39 is 0 Å². The van der Waals surface area contributed by atoms with E-state index in [1.54, 1.807) is 0 Å². The summed E-state index contributed by atoms with van der Waals surface area (Å²) in [6.07, 6.45) is 4.27. The average Bonchev–Trinajstić information content (AvgIpc) is 2.33. The Labute approximate surface area is 105 Å². The van der Waals surface area contributed by atoms with Gasteiger partial charge in [-0.1, -0.05) is 28.1 Å². The lowest BCUT2D eigenvalue weighted by molar-refractivity contribution is -0.181. The first kappa shape index (κ1) is 12.1. The molecule has 3 heteroatoms. The Morgan fingerprint density at radius 2 is 1.81 bits per heavy atom. The Bertz CT molecular complexity index is 304. The number of hydrogen-bond donors (Lipinski definition) is 0. The SMILES string of the molecule is Brc1ccc(CCCC2OCCCO2)cc1. The van der Waals surface area contributed by atoms with Crippen LogP contribution in [0.1, 0.15) is 24.8 Å². The van der Waals surface area contributed by atoms with E-state index in [1.165, 1.54) is 5.56 Å². The fraction of sp³-hybridized carbons (Fsp3) is 0.538. The van der Waals surface area contributed by atoms with Crippen molar-refractivity contribution in [3.8, 4) is 0 Å². The van der Waals surface area contributed by atoms with Crippen molar-refractivity contribution in [2.75, 3.05) is 13.2 Å². The maximum atomic E-state index is 5.51. The van der Waals surface area contributed by atoms with E-state index in [0.29, 0.717) is 0 Å². The van der Waals surface area contributed by atoms with E-state index >= 15 is 0 Å². The van der Waals surface area contributed by atoms with Crippen LogP contribution >= 0.6 is 15.9 Å². The highest BCUT2D eigenvalue weighted by atomic mass is 79.9. The Morgan fingerprint density at radius 3 is 2.50 bits per heavy atom. The van der Waals surface area contributed by atoms with E-state index in [9.17, 15) is 0 Å². The highest BCUT2D eigenvalue weighted by Crippen LogP contribution is 2.15. The molecule has 2 rings (SSSR count). The largest absolute Gasteiger partial charge is 0.353 e. The summed E-state index contributed by atoms with van der Waals surface area (Å²) in [4.78, 5) is 0. The normalized spacial score (nSPS) is 17.6. The van der Waals surface area contributed by atoms with Crippen molar-refractivity contribution in [3.05, 3.63) is 34.3 Å². The molecule has 1 fully saturated rings. The molecular formula is C13H17BrO2. The Morgan fingerprint density at radius 1 is 1.12 bits per heavy atom. The molecule has 1 aromatic rings. The topological polar surface area (TPSA) is 18.5 Å². The van der Waals surface area contributed by atoms with Crippen LogP contribution in [-0.4, -0.2) is 19.5 Å². The molecule has 0 aromatic heterocycles. The van der Waals surface area contributed by atoms with Crippen molar-refractivity contribution >= 4 is 15.9 Å². The van der Waals surface area contributed by atoms with E-state index in [2.05, 4.69) is 40.2 Å². The fourth-order valence-electron chi connectivity index (χ4n) is 1.83. The molecule has 1 aromatic carbocycles. The van der Waals surface area contributed by atoms with Crippen molar-refractivity contribution in [3.63, 3.8) is 0 Å². The molecule has 0 N–H and O–H groups in total. The van der Waals surface area contributed by atoms with Crippen LogP contribution in [0.4, 0.5) is 0 Å². The van der Waals surface area contributed by atoms with Crippen molar-refractivity contribution in [2.24, 2.45) is 0 Å².